The molecule has 1 aromatic carbocycles. The van der Waals surface area contributed by atoms with Gasteiger partial charge in [0.1, 0.15) is 21.5 Å². The van der Waals surface area contributed by atoms with E-state index in [4.69, 9.17) is 21.9 Å². The number of carbonyl (C=O) groups excluding carboxylic acids is 1. The molecule has 1 saturated heterocycles. The van der Waals surface area contributed by atoms with Crippen LogP contribution in [0.1, 0.15) is 43.4 Å². The molecule has 0 atom stereocenters. The molecular weight excluding hydrogens is 504 g/mol. The molecule has 0 bridgehead atoms. The van der Waals surface area contributed by atoms with Crippen LogP contribution < -0.4 is 15.2 Å². The number of hydrogen-bond acceptors (Lipinski definition) is 7. The second-order valence-electron chi connectivity index (χ2n) is 9.01. The van der Waals surface area contributed by atoms with E-state index in [1.807, 2.05) is 43.3 Å². The number of amides is 1. The first kappa shape index (κ1) is 26.9. The second kappa shape index (κ2) is 11.9. The molecule has 9 heteroatoms. The lowest BCUT2D eigenvalue weighted by atomic mass is 10.1. The Kier molecular flexibility index (Phi) is 8.66. The number of thiocarbonyl (C=S) groups is 1. The van der Waals surface area contributed by atoms with Gasteiger partial charge in [0.2, 0.25) is 0 Å². The monoisotopic (exact) mass is 536 g/mol. The Morgan fingerprint density at radius 2 is 1.78 bits per heavy atom. The zero-order chi connectivity index (χ0) is 26.5. The quantitative estimate of drug-likeness (QED) is 0.264. The minimum Gasteiger partial charge on any atom is -0.497 e. The molecule has 0 unspecified atom stereocenters. The van der Waals surface area contributed by atoms with Gasteiger partial charge in [-0.2, -0.15) is 0 Å². The third-order valence-corrected chi connectivity index (χ3v) is 7.58. The van der Waals surface area contributed by atoms with E-state index in [0.29, 0.717) is 39.2 Å². The fourth-order valence-electron chi connectivity index (χ4n) is 4.33. The Morgan fingerprint density at radius 3 is 2.43 bits per heavy atom. The zero-order valence-electron chi connectivity index (χ0n) is 21.7. The van der Waals surface area contributed by atoms with Crippen LogP contribution in [-0.2, 0) is 11.2 Å². The summed E-state index contributed by atoms with van der Waals surface area (Å²) in [7, 11) is 1.63. The molecule has 0 saturated carbocycles. The van der Waals surface area contributed by atoms with Crippen molar-refractivity contribution >= 4 is 51.7 Å². The summed E-state index contributed by atoms with van der Waals surface area (Å²) in [5.41, 5.74) is 2.86. The number of rotatable bonds is 10. The maximum atomic E-state index is 13.7. The van der Waals surface area contributed by atoms with Crippen LogP contribution >= 0.6 is 24.0 Å². The summed E-state index contributed by atoms with van der Waals surface area (Å²) in [6.07, 6.45) is 5.97. The maximum absolute atomic E-state index is 13.7. The standard InChI is InChI=1S/C28H32N4O3S2/c1-5-14-30(15-6-2)25-22(26(33)32-18-19(3)7-12-24(32)29-25)17-23-27(34)31(28(36)37-23)16-13-20-8-10-21(35-4)11-9-20/h7-12,17-18H,5-6,13-16H2,1-4H3. The van der Waals surface area contributed by atoms with Gasteiger partial charge in [0.25, 0.3) is 11.5 Å². The summed E-state index contributed by atoms with van der Waals surface area (Å²) in [6, 6.07) is 11.6. The molecule has 4 rings (SSSR count). The molecular formula is C28H32N4O3S2. The number of anilines is 1. The summed E-state index contributed by atoms with van der Waals surface area (Å²) in [4.78, 5) is 36.2. The largest absolute Gasteiger partial charge is 0.497 e. The van der Waals surface area contributed by atoms with Crippen molar-refractivity contribution < 1.29 is 9.53 Å². The van der Waals surface area contributed by atoms with Crippen LogP contribution in [0.15, 0.2) is 52.3 Å². The molecule has 2 aromatic heterocycles. The number of aryl methyl sites for hydroxylation is 1. The van der Waals surface area contributed by atoms with E-state index in [2.05, 4.69) is 18.7 Å². The van der Waals surface area contributed by atoms with Crippen LogP contribution in [0.4, 0.5) is 5.82 Å². The predicted octanol–water partition coefficient (Wildman–Crippen LogP) is 5.08. The number of nitrogens with zero attached hydrogens (tertiary/aromatic N) is 4. The molecule has 3 heterocycles. The van der Waals surface area contributed by atoms with Crippen LogP contribution in [-0.4, -0.2) is 51.3 Å². The number of pyridine rings is 1. The zero-order valence-corrected chi connectivity index (χ0v) is 23.3. The first-order chi connectivity index (χ1) is 17.9. The summed E-state index contributed by atoms with van der Waals surface area (Å²) >= 11 is 6.79. The molecule has 37 heavy (non-hydrogen) atoms. The van der Waals surface area contributed by atoms with Crippen molar-refractivity contribution in [3.8, 4) is 5.75 Å². The molecule has 0 spiro atoms. The van der Waals surface area contributed by atoms with E-state index in [-0.39, 0.29) is 11.5 Å². The van der Waals surface area contributed by atoms with Gasteiger partial charge in [0, 0.05) is 25.8 Å². The van der Waals surface area contributed by atoms with Crippen LogP contribution in [0.3, 0.4) is 0 Å². The lowest BCUT2D eigenvalue weighted by molar-refractivity contribution is -0.122. The molecule has 3 aromatic rings. The second-order valence-corrected chi connectivity index (χ2v) is 10.7. The minimum atomic E-state index is -0.190. The molecule has 7 nitrogen and oxygen atoms in total. The fourth-order valence-corrected chi connectivity index (χ4v) is 5.63. The normalized spacial score (nSPS) is 14.7. The van der Waals surface area contributed by atoms with Gasteiger partial charge in [-0.3, -0.25) is 18.9 Å². The molecule has 1 fully saturated rings. The number of aromatic nitrogens is 2. The highest BCUT2D eigenvalue weighted by Gasteiger charge is 2.32. The first-order valence-corrected chi connectivity index (χ1v) is 13.7. The van der Waals surface area contributed by atoms with Gasteiger partial charge in [-0.1, -0.05) is 56.0 Å². The van der Waals surface area contributed by atoms with Crippen molar-refractivity contribution in [3.63, 3.8) is 0 Å². The summed E-state index contributed by atoms with van der Waals surface area (Å²) in [5, 5.41) is 0. The molecule has 194 valence electrons. The highest BCUT2D eigenvalue weighted by molar-refractivity contribution is 8.26. The molecule has 1 amide bonds. The Hall–Kier alpha value is -3.17. The topological polar surface area (TPSA) is 67.2 Å². The number of hydrogen-bond donors (Lipinski definition) is 0. The van der Waals surface area contributed by atoms with Crippen molar-refractivity contribution in [2.75, 3.05) is 31.6 Å². The smallest absolute Gasteiger partial charge is 0.267 e. The van der Waals surface area contributed by atoms with Gasteiger partial charge in [-0.15, -0.1) is 0 Å². The van der Waals surface area contributed by atoms with Crippen molar-refractivity contribution in [2.45, 2.75) is 40.0 Å². The lowest BCUT2D eigenvalue weighted by Gasteiger charge is -2.24. The van der Waals surface area contributed by atoms with Crippen molar-refractivity contribution in [1.82, 2.24) is 14.3 Å². The van der Waals surface area contributed by atoms with Crippen LogP contribution in [0, 0.1) is 6.92 Å². The molecule has 1 aliphatic heterocycles. The van der Waals surface area contributed by atoms with E-state index in [1.54, 1.807) is 28.7 Å². The van der Waals surface area contributed by atoms with Gasteiger partial charge in [-0.05, 0) is 61.6 Å². The number of fused-ring (bicyclic) bond motifs is 1. The Morgan fingerprint density at radius 1 is 1.08 bits per heavy atom. The summed E-state index contributed by atoms with van der Waals surface area (Å²) < 4.78 is 7.28. The summed E-state index contributed by atoms with van der Waals surface area (Å²) in [6.45, 7) is 8.15. The molecule has 0 aliphatic carbocycles. The number of ether oxygens (including phenoxy) is 1. The van der Waals surface area contributed by atoms with Crippen LogP contribution in [0.25, 0.3) is 11.7 Å². The van der Waals surface area contributed by atoms with Gasteiger partial charge < -0.3 is 9.64 Å². The highest BCUT2D eigenvalue weighted by atomic mass is 32.2. The lowest BCUT2D eigenvalue weighted by Crippen LogP contribution is -2.31. The van der Waals surface area contributed by atoms with E-state index in [0.717, 1.165) is 42.8 Å². The van der Waals surface area contributed by atoms with Crippen LogP contribution in [0.2, 0.25) is 0 Å². The Labute approximate surface area is 227 Å². The Balaban J connectivity index is 1.69. The van der Waals surface area contributed by atoms with Crippen molar-refractivity contribution in [2.24, 2.45) is 0 Å². The summed E-state index contributed by atoms with van der Waals surface area (Å²) in [5.74, 6) is 1.22. The highest BCUT2D eigenvalue weighted by Crippen LogP contribution is 2.33. The SMILES string of the molecule is CCCN(CCC)c1nc2ccc(C)cn2c(=O)c1C=C1SC(=S)N(CCc2ccc(OC)cc2)C1=O. The first-order valence-electron chi connectivity index (χ1n) is 12.5. The third-order valence-electron chi connectivity index (χ3n) is 6.20. The number of methoxy groups -OCH3 is 1. The number of thioether (sulfide) groups is 1. The van der Waals surface area contributed by atoms with Crippen molar-refractivity contribution in [1.29, 1.82) is 0 Å². The third kappa shape index (κ3) is 5.88. The van der Waals surface area contributed by atoms with Gasteiger partial charge in [-0.25, -0.2) is 4.98 Å². The maximum Gasteiger partial charge on any atom is 0.267 e. The van der Waals surface area contributed by atoms with Crippen LogP contribution in [0.5, 0.6) is 5.75 Å². The van der Waals surface area contributed by atoms with Crippen molar-refractivity contribution in [3.05, 3.63) is 74.5 Å². The number of benzene rings is 1. The van der Waals surface area contributed by atoms with Gasteiger partial charge >= 0.3 is 0 Å². The molecule has 1 aliphatic rings. The average molecular weight is 537 g/mol. The predicted molar refractivity (Wildman–Crippen MR) is 156 cm³/mol. The van der Waals surface area contributed by atoms with Gasteiger partial charge in [0.05, 0.1) is 17.6 Å². The number of carbonyl (C=O) groups is 1. The van der Waals surface area contributed by atoms with Gasteiger partial charge in [0.15, 0.2) is 0 Å². The van der Waals surface area contributed by atoms with E-state index in [1.165, 1.54) is 11.8 Å². The average Bonchev–Trinajstić information content (AvgIpc) is 3.16. The molecule has 0 radical (unpaired) electrons. The Bertz CT molecular complexity index is 1390. The minimum absolute atomic E-state index is 0.180. The molecule has 0 N–H and O–H groups in total. The van der Waals surface area contributed by atoms with E-state index >= 15 is 0 Å². The fraction of sp³-hybridized carbons (Fsp3) is 0.357. The van der Waals surface area contributed by atoms with E-state index in [9.17, 15) is 9.59 Å². The van der Waals surface area contributed by atoms with E-state index < -0.39 is 0 Å².